The van der Waals surface area contributed by atoms with E-state index >= 15 is 0 Å². The van der Waals surface area contributed by atoms with Crippen LogP contribution in [-0.4, -0.2) is 53.0 Å². The second-order valence-electron chi connectivity index (χ2n) is 8.27. The first kappa shape index (κ1) is 21.2. The average molecular weight is 316 g/mol. The number of hydrogen-bond acceptors (Lipinski definition) is 4. The molecule has 5 nitrogen and oxygen atoms in total. The molecule has 0 aromatic heterocycles. The molecule has 0 aromatic carbocycles. The van der Waals surface area contributed by atoms with E-state index in [1.165, 1.54) is 0 Å². The fourth-order valence-corrected chi connectivity index (χ4v) is 2.19. The third-order valence-corrected chi connectivity index (χ3v) is 3.17. The van der Waals surface area contributed by atoms with Crippen molar-refractivity contribution in [1.82, 2.24) is 10.2 Å². The van der Waals surface area contributed by atoms with E-state index in [4.69, 9.17) is 4.74 Å². The average Bonchev–Trinajstić information content (AvgIpc) is 2.28. The predicted octanol–water partition coefficient (Wildman–Crippen LogP) is 3.02. The predicted molar refractivity (Wildman–Crippen MR) is 91.0 cm³/mol. The minimum absolute atomic E-state index is 0.0699. The number of amides is 1. The first-order valence-electron chi connectivity index (χ1n) is 8.21. The number of carbonyl (C=O) groups is 1. The highest BCUT2D eigenvalue weighted by Gasteiger charge is 2.30. The lowest BCUT2D eigenvalue weighted by molar-refractivity contribution is 0.00630. The van der Waals surface area contributed by atoms with E-state index < -0.39 is 5.60 Å². The van der Waals surface area contributed by atoms with Crippen molar-refractivity contribution in [2.45, 2.75) is 79.0 Å². The number of carbonyl (C=O) groups excluding carboxylic acids is 1. The summed E-state index contributed by atoms with van der Waals surface area (Å²) in [5, 5.41) is 12.7. The third kappa shape index (κ3) is 9.26. The van der Waals surface area contributed by atoms with Crippen LogP contribution in [0.15, 0.2) is 0 Å². The topological polar surface area (TPSA) is 61.8 Å². The second kappa shape index (κ2) is 8.73. The fraction of sp³-hybridized carbons (Fsp3) is 0.941. The highest BCUT2D eigenvalue weighted by Crippen LogP contribution is 2.18. The number of nitrogens with one attached hydrogen (secondary N) is 1. The zero-order valence-electron chi connectivity index (χ0n) is 15.7. The molecule has 1 unspecified atom stereocenters. The van der Waals surface area contributed by atoms with Crippen molar-refractivity contribution in [3.05, 3.63) is 0 Å². The minimum Gasteiger partial charge on any atom is -0.444 e. The number of ether oxygens (including phenoxy) is 1. The lowest BCUT2D eigenvalue weighted by atomic mass is 10.0. The maximum atomic E-state index is 12.4. The smallest absolute Gasteiger partial charge is 0.410 e. The Morgan fingerprint density at radius 3 is 2.09 bits per heavy atom. The van der Waals surface area contributed by atoms with Crippen LogP contribution < -0.4 is 5.32 Å². The van der Waals surface area contributed by atoms with Crippen molar-refractivity contribution in [3.8, 4) is 0 Å². The van der Waals surface area contributed by atoms with E-state index in [9.17, 15) is 9.90 Å². The van der Waals surface area contributed by atoms with Gasteiger partial charge in [0.15, 0.2) is 0 Å². The van der Waals surface area contributed by atoms with E-state index in [2.05, 4.69) is 19.2 Å². The van der Waals surface area contributed by atoms with E-state index in [-0.39, 0.29) is 24.3 Å². The molecule has 0 rings (SSSR count). The minimum atomic E-state index is -0.501. The Labute approximate surface area is 136 Å². The molecular formula is C17H36N2O3. The van der Waals surface area contributed by atoms with Crippen molar-refractivity contribution in [1.29, 1.82) is 0 Å². The molecule has 5 heteroatoms. The molecule has 0 aliphatic heterocycles. The van der Waals surface area contributed by atoms with Crippen molar-refractivity contribution in [3.63, 3.8) is 0 Å². The summed E-state index contributed by atoms with van der Waals surface area (Å²) in [5.74, 6) is 0.522. The first-order valence-corrected chi connectivity index (χ1v) is 8.21. The van der Waals surface area contributed by atoms with Crippen molar-refractivity contribution < 1.29 is 14.6 Å². The highest BCUT2D eigenvalue weighted by molar-refractivity contribution is 5.69. The molecule has 22 heavy (non-hydrogen) atoms. The summed E-state index contributed by atoms with van der Waals surface area (Å²) in [7, 11) is 0. The summed E-state index contributed by atoms with van der Waals surface area (Å²) in [6, 6.07) is 0.0699. The molecule has 132 valence electrons. The molecule has 1 amide bonds. The zero-order chi connectivity index (χ0) is 17.6. The summed E-state index contributed by atoms with van der Waals surface area (Å²) < 4.78 is 5.48. The van der Waals surface area contributed by atoms with Gasteiger partial charge in [-0.05, 0) is 53.9 Å². The molecule has 0 spiro atoms. The first-order chi connectivity index (χ1) is 9.86. The Morgan fingerprint density at radius 2 is 1.73 bits per heavy atom. The number of hydrogen-bond donors (Lipinski definition) is 2. The molecule has 2 N–H and O–H groups in total. The van der Waals surface area contributed by atoms with Crippen LogP contribution in [0.4, 0.5) is 4.79 Å². The lowest BCUT2D eigenvalue weighted by Crippen LogP contribution is -2.51. The molecule has 0 saturated heterocycles. The third-order valence-electron chi connectivity index (χ3n) is 3.17. The van der Waals surface area contributed by atoms with Gasteiger partial charge in [0.1, 0.15) is 5.60 Å². The molecule has 0 aliphatic carbocycles. The molecule has 0 saturated carbocycles. The molecule has 0 fully saturated rings. The molecule has 1 atom stereocenters. The van der Waals surface area contributed by atoms with Gasteiger partial charge in [0.2, 0.25) is 0 Å². The Balaban J connectivity index is 4.59. The number of aliphatic hydroxyl groups excluding tert-OH is 1. The van der Waals surface area contributed by atoms with Crippen molar-refractivity contribution >= 4 is 6.09 Å². The van der Waals surface area contributed by atoms with E-state index in [1.54, 1.807) is 4.90 Å². The largest absolute Gasteiger partial charge is 0.444 e. The summed E-state index contributed by atoms with van der Waals surface area (Å²) in [6.45, 7) is 17.1. The Kier molecular flexibility index (Phi) is 8.40. The number of aliphatic hydroxyl groups is 1. The van der Waals surface area contributed by atoms with Gasteiger partial charge in [-0.2, -0.15) is 0 Å². The molecule has 0 heterocycles. The zero-order valence-corrected chi connectivity index (χ0v) is 15.7. The van der Waals surface area contributed by atoms with Gasteiger partial charge < -0.3 is 20.1 Å². The lowest BCUT2D eigenvalue weighted by Gasteiger charge is -2.37. The molecule has 0 aliphatic rings. The summed E-state index contributed by atoms with van der Waals surface area (Å²) in [4.78, 5) is 14.1. The maximum absolute atomic E-state index is 12.4. The molecular weight excluding hydrogens is 280 g/mol. The van der Waals surface area contributed by atoms with Crippen LogP contribution in [0.1, 0.15) is 61.8 Å². The van der Waals surface area contributed by atoms with Crippen LogP contribution in [-0.2, 0) is 4.74 Å². The van der Waals surface area contributed by atoms with Crippen molar-refractivity contribution in [2.24, 2.45) is 5.92 Å². The van der Waals surface area contributed by atoms with Crippen LogP contribution in [0.2, 0.25) is 0 Å². The second-order valence-corrected chi connectivity index (χ2v) is 8.27. The molecule has 0 radical (unpaired) electrons. The Morgan fingerprint density at radius 1 is 1.18 bits per heavy atom. The Hall–Kier alpha value is -0.810. The monoisotopic (exact) mass is 316 g/mol. The molecule has 0 aromatic rings. The van der Waals surface area contributed by atoms with Crippen LogP contribution in [0.3, 0.4) is 0 Å². The van der Waals surface area contributed by atoms with Gasteiger partial charge in [-0.25, -0.2) is 4.79 Å². The number of nitrogens with zero attached hydrogens (tertiary/aromatic N) is 1. The van der Waals surface area contributed by atoms with Crippen LogP contribution in [0, 0.1) is 5.92 Å². The van der Waals surface area contributed by atoms with E-state index in [0.717, 1.165) is 6.42 Å². The van der Waals surface area contributed by atoms with Gasteiger partial charge in [0.25, 0.3) is 0 Å². The quantitative estimate of drug-likeness (QED) is 0.758. The van der Waals surface area contributed by atoms with E-state index in [0.29, 0.717) is 19.0 Å². The fourth-order valence-electron chi connectivity index (χ4n) is 2.19. The highest BCUT2D eigenvalue weighted by atomic mass is 16.6. The van der Waals surface area contributed by atoms with Crippen LogP contribution >= 0.6 is 0 Å². The SMILES string of the molecule is CC(C)CC(CO)NCCN(C(=O)OC(C)(C)C)C(C)(C)C. The van der Waals surface area contributed by atoms with Gasteiger partial charge in [-0.1, -0.05) is 13.8 Å². The van der Waals surface area contributed by atoms with Gasteiger partial charge in [-0.15, -0.1) is 0 Å². The normalized spacial score (nSPS) is 14.1. The van der Waals surface area contributed by atoms with Gasteiger partial charge in [-0.3, -0.25) is 0 Å². The van der Waals surface area contributed by atoms with Gasteiger partial charge >= 0.3 is 6.09 Å². The summed E-state index contributed by atoms with van der Waals surface area (Å²) in [5.41, 5.74) is -0.809. The molecule has 0 bridgehead atoms. The standard InChI is InChI=1S/C17H36N2O3/c1-13(2)11-14(12-20)18-9-10-19(16(3,4)5)15(21)22-17(6,7)8/h13-14,18,20H,9-12H2,1-8H3. The van der Waals surface area contributed by atoms with Gasteiger partial charge in [0.05, 0.1) is 6.61 Å². The van der Waals surface area contributed by atoms with Gasteiger partial charge in [0, 0.05) is 24.7 Å². The summed E-state index contributed by atoms with van der Waals surface area (Å²) >= 11 is 0. The Bertz CT molecular complexity index is 330. The van der Waals surface area contributed by atoms with E-state index in [1.807, 2.05) is 41.5 Å². The van der Waals surface area contributed by atoms with Crippen molar-refractivity contribution in [2.75, 3.05) is 19.7 Å². The van der Waals surface area contributed by atoms with Crippen LogP contribution in [0.25, 0.3) is 0 Å². The van der Waals surface area contributed by atoms with Crippen LogP contribution in [0.5, 0.6) is 0 Å². The number of rotatable bonds is 7. The summed E-state index contributed by atoms with van der Waals surface area (Å²) in [6.07, 6.45) is 0.615. The maximum Gasteiger partial charge on any atom is 0.410 e.